The Morgan fingerprint density at radius 3 is 2.41 bits per heavy atom. The van der Waals surface area contributed by atoms with Crippen LogP contribution in [0, 0.1) is 10.1 Å². The largest absolute Gasteiger partial charge is 0.425 e. The van der Waals surface area contributed by atoms with Gasteiger partial charge in [0.05, 0.1) is 21.4 Å². The van der Waals surface area contributed by atoms with E-state index in [0.717, 1.165) is 16.0 Å². The summed E-state index contributed by atoms with van der Waals surface area (Å²) in [7, 11) is 0. The van der Waals surface area contributed by atoms with Gasteiger partial charge in [0.1, 0.15) is 11.3 Å². The molecule has 160 valence electrons. The van der Waals surface area contributed by atoms with Crippen LogP contribution in [0.25, 0.3) is 11.1 Å². The van der Waals surface area contributed by atoms with Gasteiger partial charge in [-0.2, -0.15) is 0 Å². The van der Waals surface area contributed by atoms with Crippen molar-refractivity contribution in [1.29, 1.82) is 0 Å². The molecule has 1 heterocycles. The molecule has 3 aromatic rings. The number of imide groups is 1. The Balaban J connectivity index is 1.43. The van der Waals surface area contributed by atoms with Crippen molar-refractivity contribution in [3.8, 4) is 16.9 Å². The fourth-order valence-corrected chi connectivity index (χ4v) is 3.90. The molecule has 8 nitrogen and oxygen atoms in total. The van der Waals surface area contributed by atoms with E-state index in [2.05, 4.69) is 15.9 Å². The first-order valence-corrected chi connectivity index (χ1v) is 10.4. The van der Waals surface area contributed by atoms with E-state index in [1.165, 1.54) is 18.2 Å². The highest BCUT2D eigenvalue weighted by atomic mass is 79.9. The van der Waals surface area contributed by atoms with Crippen LogP contribution < -0.4 is 4.74 Å². The summed E-state index contributed by atoms with van der Waals surface area (Å²) in [6.45, 7) is -0.248. The van der Waals surface area contributed by atoms with Crippen molar-refractivity contribution in [2.75, 3.05) is 6.54 Å². The normalized spacial score (nSPS) is 12.6. The predicted molar refractivity (Wildman–Crippen MR) is 118 cm³/mol. The van der Waals surface area contributed by atoms with Gasteiger partial charge in [0.15, 0.2) is 0 Å². The molecule has 0 saturated carbocycles. The van der Waals surface area contributed by atoms with Crippen molar-refractivity contribution in [2.24, 2.45) is 0 Å². The molecule has 1 aliphatic heterocycles. The number of ether oxygens (including phenoxy) is 1. The predicted octanol–water partition coefficient (Wildman–Crippen LogP) is 4.62. The van der Waals surface area contributed by atoms with Crippen molar-refractivity contribution in [2.45, 2.75) is 6.42 Å². The van der Waals surface area contributed by atoms with Gasteiger partial charge in [0, 0.05) is 12.6 Å². The van der Waals surface area contributed by atoms with Crippen molar-refractivity contribution in [3.63, 3.8) is 0 Å². The second-order valence-electron chi connectivity index (χ2n) is 6.95. The van der Waals surface area contributed by atoms with Crippen LogP contribution in [0.2, 0.25) is 0 Å². The van der Waals surface area contributed by atoms with Crippen LogP contribution in [-0.2, 0) is 4.79 Å². The number of hydrogen-bond acceptors (Lipinski definition) is 6. The lowest BCUT2D eigenvalue weighted by atomic mass is 10.1. The molecule has 4 rings (SSSR count). The average molecular weight is 495 g/mol. The zero-order chi connectivity index (χ0) is 22.8. The van der Waals surface area contributed by atoms with Gasteiger partial charge < -0.3 is 4.74 Å². The molecule has 0 radical (unpaired) electrons. The smallest absolute Gasteiger partial charge is 0.313 e. The minimum atomic E-state index is -0.793. The Kier molecular flexibility index (Phi) is 5.83. The van der Waals surface area contributed by atoms with E-state index < -0.39 is 28.4 Å². The molecule has 0 atom stereocenters. The third-order valence-electron chi connectivity index (χ3n) is 4.98. The summed E-state index contributed by atoms with van der Waals surface area (Å²) in [6, 6.07) is 18.8. The van der Waals surface area contributed by atoms with E-state index in [4.69, 9.17) is 4.74 Å². The summed E-state index contributed by atoms with van der Waals surface area (Å²) in [5.41, 5.74) is 1.20. The van der Waals surface area contributed by atoms with Crippen molar-refractivity contribution < 1.29 is 24.0 Å². The van der Waals surface area contributed by atoms with E-state index >= 15 is 0 Å². The Hall–Kier alpha value is -3.85. The molecule has 0 fully saturated rings. The minimum Gasteiger partial charge on any atom is -0.425 e. The maximum atomic E-state index is 12.6. The molecule has 0 unspecified atom stereocenters. The van der Waals surface area contributed by atoms with Gasteiger partial charge in [0.25, 0.3) is 17.5 Å². The Morgan fingerprint density at radius 1 is 0.969 bits per heavy atom. The topological polar surface area (TPSA) is 107 Å². The van der Waals surface area contributed by atoms with Crippen LogP contribution in [0.4, 0.5) is 5.69 Å². The summed E-state index contributed by atoms with van der Waals surface area (Å²) in [4.78, 5) is 48.7. The molecule has 0 bridgehead atoms. The summed E-state index contributed by atoms with van der Waals surface area (Å²) < 4.78 is 5.93. The van der Waals surface area contributed by atoms with E-state index in [-0.39, 0.29) is 24.1 Å². The highest BCUT2D eigenvalue weighted by molar-refractivity contribution is 9.10. The Labute approximate surface area is 190 Å². The number of amides is 2. The number of hydrogen-bond donors (Lipinski definition) is 0. The lowest BCUT2D eigenvalue weighted by molar-refractivity contribution is -0.385. The van der Waals surface area contributed by atoms with Gasteiger partial charge in [-0.25, -0.2) is 0 Å². The first-order valence-electron chi connectivity index (χ1n) is 9.56. The van der Waals surface area contributed by atoms with E-state index in [9.17, 15) is 24.5 Å². The number of carbonyl (C=O) groups is 3. The molecular weight excluding hydrogens is 480 g/mol. The summed E-state index contributed by atoms with van der Waals surface area (Å²) in [5.74, 6) is -1.81. The van der Waals surface area contributed by atoms with Crippen LogP contribution in [-0.4, -0.2) is 34.2 Å². The van der Waals surface area contributed by atoms with Crippen LogP contribution in [0.3, 0.4) is 0 Å². The lowest BCUT2D eigenvalue weighted by Crippen LogP contribution is -2.32. The second-order valence-corrected chi connectivity index (χ2v) is 7.81. The van der Waals surface area contributed by atoms with Crippen LogP contribution >= 0.6 is 15.9 Å². The van der Waals surface area contributed by atoms with Crippen molar-refractivity contribution in [1.82, 2.24) is 4.90 Å². The molecule has 32 heavy (non-hydrogen) atoms. The molecule has 0 saturated heterocycles. The first-order chi connectivity index (χ1) is 15.4. The molecule has 2 amide bonds. The average Bonchev–Trinajstić information content (AvgIpc) is 3.04. The number of benzene rings is 3. The Bertz CT molecular complexity index is 1260. The lowest BCUT2D eigenvalue weighted by Gasteiger charge is -2.13. The maximum absolute atomic E-state index is 12.6. The number of nitrogens with zero attached hydrogens (tertiary/aromatic N) is 2. The molecule has 0 N–H and O–H groups in total. The zero-order valence-corrected chi connectivity index (χ0v) is 18.1. The molecule has 9 heteroatoms. The number of nitro groups is 1. The molecular formula is C23H15BrN2O6. The van der Waals surface area contributed by atoms with Gasteiger partial charge in [-0.15, -0.1) is 0 Å². The highest BCUT2D eigenvalue weighted by Gasteiger charge is 2.40. The fraction of sp³-hybridized carbons (Fsp3) is 0.0870. The quantitative estimate of drug-likeness (QED) is 0.163. The molecule has 0 spiro atoms. The maximum Gasteiger partial charge on any atom is 0.313 e. The van der Waals surface area contributed by atoms with Gasteiger partial charge in [-0.1, -0.05) is 42.5 Å². The number of nitro benzene ring substituents is 1. The SMILES string of the molecule is O=C(CCN1C(=O)c2cccc([N+](=O)[O-])c2C1=O)Oc1ccc(-c2ccccc2)cc1Br. The van der Waals surface area contributed by atoms with E-state index in [1.807, 2.05) is 42.5 Å². The van der Waals surface area contributed by atoms with Gasteiger partial charge in [-0.05, 0) is 45.3 Å². The van der Waals surface area contributed by atoms with Crippen LogP contribution in [0.1, 0.15) is 27.1 Å². The van der Waals surface area contributed by atoms with Crippen molar-refractivity contribution in [3.05, 3.63) is 92.4 Å². The number of rotatable bonds is 6. The minimum absolute atomic E-state index is 0.0446. The number of fused-ring (bicyclic) bond motifs is 1. The third-order valence-corrected chi connectivity index (χ3v) is 5.60. The molecule has 0 aliphatic carbocycles. The third kappa shape index (κ3) is 4.02. The Morgan fingerprint density at radius 2 is 1.72 bits per heavy atom. The van der Waals surface area contributed by atoms with E-state index in [1.54, 1.807) is 6.07 Å². The van der Waals surface area contributed by atoms with Gasteiger partial charge >= 0.3 is 5.97 Å². The number of esters is 1. The number of halogens is 1. The summed E-state index contributed by atoms with van der Waals surface area (Å²) in [5, 5.41) is 11.2. The molecule has 0 aromatic heterocycles. The van der Waals surface area contributed by atoms with E-state index in [0.29, 0.717) is 10.2 Å². The van der Waals surface area contributed by atoms with Gasteiger partial charge in [0.2, 0.25) is 0 Å². The standard InChI is InChI=1S/C23H15BrN2O6/c24-17-13-15(14-5-2-1-3-6-14)9-10-19(17)32-20(27)11-12-25-22(28)16-7-4-8-18(26(30)31)21(16)23(25)29/h1-10,13H,11-12H2. The monoisotopic (exact) mass is 494 g/mol. The van der Waals surface area contributed by atoms with Crippen molar-refractivity contribution >= 4 is 39.4 Å². The zero-order valence-electron chi connectivity index (χ0n) is 16.5. The summed E-state index contributed by atoms with van der Waals surface area (Å²) in [6.07, 6.45) is -0.258. The molecule has 3 aromatic carbocycles. The van der Waals surface area contributed by atoms with Gasteiger partial charge in [-0.3, -0.25) is 29.4 Å². The number of carbonyl (C=O) groups excluding carboxylic acids is 3. The van der Waals surface area contributed by atoms with Crippen LogP contribution in [0.5, 0.6) is 5.75 Å². The van der Waals surface area contributed by atoms with Crippen LogP contribution in [0.15, 0.2) is 71.2 Å². The summed E-state index contributed by atoms with van der Waals surface area (Å²) >= 11 is 3.39. The highest BCUT2D eigenvalue weighted by Crippen LogP contribution is 2.32. The first kappa shape index (κ1) is 21.4. The fourth-order valence-electron chi connectivity index (χ4n) is 3.44. The molecule has 1 aliphatic rings. The second kappa shape index (κ2) is 8.72.